The van der Waals surface area contributed by atoms with E-state index >= 15 is 0 Å². The summed E-state index contributed by atoms with van der Waals surface area (Å²) < 4.78 is 0. The molecule has 1 aromatic rings. The summed E-state index contributed by atoms with van der Waals surface area (Å²) in [5.74, 6) is -0.419. The second kappa shape index (κ2) is 6.52. The Hall–Kier alpha value is -2.04. The van der Waals surface area contributed by atoms with Crippen LogP contribution >= 0.6 is 0 Å². The van der Waals surface area contributed by atoms with Gasteiger partial charge in [-0.1, -0.05) is 12.1 Å². The van der Waals surface area contributed by atoms with Crippen LogP contribution in [0.5, 0.6) is 0 Å². The summed E-state index contributed by atoms with van der Waals surface area (Å²) in [6, 6.07) is 7.15. The van der Waals surface area contributed by atoms with Crippen molar-refractivity contribution in [1.82, 2.24) is 5.32 Å². The molecule has 0 atom stereocenters. The number of carbonyl (C=O) groups is 2. The number of nitrogens with two attached hydrogens (primary N) is 2. The van der Waals surface area contributed by atoms with Crippen LogP contribution in [0.25, 0.3) is 0 Å². The van der Waals surface area contributed by atoms with E-state index in [2.05, 4.69) is 5.32 Å². The van der Waals surface area contributed by atoms with Gasteiger partial charge in [0, 0.05) is 18.7 Å². The van der Waals surface area contributed by atoms with Gasteiger partial charge in [-0.3, -0.25) is 9.59 Å². The van der Waals surface area contributed by atoms with Crippen LogP contribution in [0.4, 0.5) is 5.69 Å². The molecule has 0 aromatic heterocycles. The minimum Gasteiger partial charge on any atom is -0.399 e. The van der Waals surface area contributed by atoms with Crippen molar-refractivity contribution >= 4 is 17.5 Å². The maximum atomic E-state index is 11.5. The van der Waals surface area contributed by atoms with Crippen molar-refractivity contribution in [2.45, 2.75) is 19.3 Å². The smallest absolute Gasteiger partial charge is 0.224 e. The zero-order valence-electron chi connectivity index (χ0n) is 9.61. The molecule has 0 spiro atoms. The summed E-state index contributed by atoms with van der Waals surface area (Å²) in [6.07, 6.45) is 1.18. The molecule has 92 valence electrons. The van der Waals surface area contributed by atoms with Crippen LogP contribution in [-0.2, 0) is 16.0 Å². The fourth-order valence-corrected chi connectivity index (χ4v) is 1.37. The van der Waals surface area contributed by atoms with Crippen molar-refractivity contribution < 1.29 is 9.59 Å². The molecule has 1 aromatic carbocycles. The van der Waals surface area contributed by atoms with Crippen LogP contribution in [0, 0.1) is 0 Å². The molecule has 0 unspecified atom stereocenters. The Kier molecular flexibility index (Phi) is 5.00. The Bertz CT molecular complexity index is 387. The third-order valence-corrected chi connectivity index (χ3v) is 2.27. The third kappa shape index (κ3) is 5.55. The van der Waals surface area contributed by atoms with Crippen LogP contribution in [0.15, 0.2) is 24.3 Å². The normalized spacial score (nSPS) is 9.88. The molecule has 5 N–H and O–H groups in total. The highest BCUT2D eigenvalue weighted by atomic mass is 16.2. The van der Waals surface area contributed by atoms with Gasteiger partial charge < -0.3 is 16.8 Å². The lowest BCUT2D eigenvalue weighted by molar-refractivity contribution is -0.121. The summed E-state index contributed by atoms with van der Waals surface area (Å²) in [6.45, 7) is 0.469. The molecule has 0 fully saturated rings. The third-order valence-electron chi connectivity index (χ3n) is 2.27. The number of carbonyl (C=O) groups excluding carboxylic acids is 2. The van der Waals surface area contributed by atoms with Crippen molar-refractivity contribution in [3.63, 3.8) is 0 Å². The van der Waals surface area contributed by atoms with Crippen molar-refractivity contribution in [2.24, 2.45) is 5.73 Å². The number of hydrogen-bond donors (Lipinski definition) is 3. The molecule has 0 heterocycles. The quantitative estimate of drug-likeness (QED) is 0.485. The fraction of sp³-hybridized carbons (Fsp3) is 0.333. The zero-order chi connectivity index (χ0) is 12.7. The second-order valence-corrected chi connectivity index (χ2v) is 3.84. The first-order chi connectivity index (χ1) is 8.08. The first-order valence-electron chi connectivity index (χ1n) is 5.47. The van der Waals surface area contributed by atoms with Crippen LogP contribution < -0.4 is 16.8 Å². The molecule has 1 rings (SSSR count). The van der Waals surface area contributed by atoms with Gasteiger partial charge in [-0.05, 0) is 24.1 Å². The molecule has 5 nitrogen and oxygen atoms in total. The van der Waals surface area contributed by atoms with Crippen molar-refractivity contribution in [1.29, 1.82) is 0 Å². The first-order valence-corrected chi connectivity index (χ1v) is 5.47. The van der Waals surface area contributed by atoms with Crippen LogP contribution in [0.1, 0.15) is 18.4 Å². The lowest BCUT2D eigenvalue weighted by Gasteiger charge is -2.04. The van der Waals surface area contributed by atoms with Gasteiger partial charge in [0.25, 0.3) is 0 Å². The van der Waals surface area contributed by atoms with E-state index in [-0.39, 0.29) is 11.8 Å². The Morgan fingerprint density at radius 3 is 2.41 bits per heavy atom. The van der Waals surface area contributed by atoms with E-state index in [0.717, 1.165) is 5.56 Å². The minimum atomic E-state index is -0.349. The Morgan fingerprint density at radius 2 is 1.82 bits per heavy atom. The number of nitrogens with one attached hydrogen (secondary N) is 1. The summed E-state index contributed by atoms with van der Waals surface area (Å²) in [5.41, 5.74) is 12.1. The van der Waals surface area contributed by atoms with Gasteiger partial charge in [0.05, 0.1) is 6.42 Å². The van der Waals surface area contributed by atoms with E-state index in [9.17, 15) is 9.59 Å². The molecule has 5 heteroatoms. The maximum Gasteiger partial charge on any atom is 0.224 e. The standard InChI is InChI=1S/C12H17N3O2/c13-10-5-3-9(4-6-10)8-12(17)15-7-1-2-11(14)16/h3-6H,1-2,7-8,13H2,(H2,14,16)(H,15,17). The lowest BCUT2D eigenvalue weighted by Crippen LogP contribution is -2.27. The van der Waals surface area contributed by atoms with E-state index in [0.29, 0.717) is 31.5 Å². The van der Waals surface area contributed by atoms with E-state index in [1.165, 1.54) is 0 Å². The largest absolute Gasteiger partial charge is 0.399 e. The van der Waals surface area contributed by atoms with Crippen molar-refractivity contribution in [2.75, 3.05) is 12.3 Å². The number of rotatable bonds is 6. The molecular formula is C12H17N3O2. The molecule has 0 aliphatic carbocycles. The van der Waals surface area contributed by atoms with Gasteiger partial charge in [-0.25, -0.2) is 0 Å². The molecule has 0 bridgehead atoms. The molecule has 0 aliphatic rings. The second-order valence-electron chi connectivity index (χ2n) is 3.84. The number of hydrogen-bond acceptors (Lipinski definition) is 3. The Morgan fingerprint density at radius 1 is 1.18 bits per heavy atom. The first kappa shape index (κ1) is 13.0. The monoisotopic (exact) mass is 235 g/mol. The van der Waals surface area contributed by atoms with E-state index in [4.69, 9.17) is 11.5 Å². The minimum absolute atomic E-state index is 0.0701. The van der Waals surface area contributed by atoms with E-state index in [1.54, 1.807) is 12.1 Å². The predicted molar refractivity (Wildman–Crippen MR) is 66.0 cm³/mol. The van der Waals surface area contributed by atoms with Gasteiger partial charge in [0.15, 0.2) is 0 Å². The topological polar surface area (TPSA) is 98.2 Å². The van der Waals surface area contributed by atoms with Crippen LogP contribution in [-0.4, -0.2) is 18.4 Å². The van der Waals surface area contributed by atoms with Gasteiger partial charge in [0.1, 0.15) is 0 Å². The highest BCUT2D eigenvalue weighted by molar-refractivity contribution is 5.78. The van der Waals surface area contributed by atoms with Gasteiger partial charge in [0.2, 0.25) is 11.8 Å². The average Bonchev–Trinajstić information content (AvgIpc) is 2.27. The molecular weight excluding hydrogens is 218 g/mol. The van der Waals surface area contributed by atoms with Crippen molar-refractivity contribution in [3.05, 3.63) is 29.8 Å². The SMILES string of the molecule is NC(=O)CCCNC(=O)Cc1ccc(N)cc1. The van der Waals surface area contributed by atoms with Crippen LogP contribution in [0.2, 0.25) is 0 Å². The number of benzene rings is 1. The maximum absolute atomic E-state index is 11.5. The van der Waals surface area contributed by atoms with Crippen LogP contribution in [0.3, 0.4) is 0 Å². The summed E-state index contributed by atoms with van der Waals surface area (Å²) in [7, 11) is 0. The molecule has 0 saturated heterocycles. The highest BCUT2D eigenvalue weighted by Crippen LogP contribution is 2.05. The predicted octanol–water partition coefficient (Wildman–Crippen LogP) is 0.193. The van der Waals surface area contributed by atoms with Crippen molar-refractivity contribution in [3.8, 4) is 0 Å². The number of anilines is 1. The van der Waals surface area contributed by atoms with E-state index < -0.39 is 0 Å². The number of nitrogen functional groups attached to an aromatic ring is 1. The molecule has 0 saturated carbocycles. The molecule has 0 aliphatic heterocycles. The zero-order valence-corrected chi connectivity index (χ0v) is 9.61. The molecule has 2 amide bonds. The molecule has 0 radical (unpaired) electrons. The Labute approximate surface area is 100 Å². The van der Waals surface area contributed by atoms with Gasteiger partial charge >= 0.3 is 0 Å². The average molecular weight is 235 g/mol. The number of amides is 2. The Balaban J connectivity index is 2.25. The number of primary amides is 1. The lowest BCUT2D eigenvalue weighted by atomic mass is 10.1. The van der Waals surface area contributed by atoms with Gasteiger partial charge in [-0.2, -0.15) is 0 Å². The summed E-state index contributed by atoms with van der Waals surface area (Å²) in [4.78, 5) is 21.9. The van der Waals surface area contributed by atoms with E-state index in [1.807, 2.05) is 12.1 Å². The molecule has 17 heavy (non-hydrogen) atoms. The van der Waals surface area contributed by atoms with Gasteiger partial charge in [-0.15, -0.1) is 0 Å². The fourth-order valence-electron chi connectivity index (χ4n) is 1.37. The summed E-state index contributed by atoms with van der Waals surface area (Å²) >= 11 is 0. The highest BCUT2D eigenvalue weighted by Gasteiger charge is 2.02. The summed E-state index contributed by atoms with van der Waals surface area (Å²) in [5, 5.41) is 2.72.